The summed E-state index contributed by atoms with van der Waals surface area (Å²) in [5.41, 5.74) is 0.499. The predicted octanol–water partition coefficient (Wildman–Crippen LogP) is 4.77. The number of hydrogen-bond acceptors (Lipinski definition) is 4. The third-order valence-corrected chi connectivity index (χ3v) is 10.3. The van der Waals surface area contributed by atoms with Gasteiger partial charge in [-0.15, -0.1) is 0 Å². The molecule has 0 heterocycles. The molecule has 0 bridgehead atoms. The van der Waals surface area contributed by atoms with E-state index in [0.29, 0.717) is 54.1 Å². The Morgan fingerprint density at radius 3 is 2.62 bits per heavy atom. The monoisotopic (exact) mass is 404 g/mol. The first kappa shape index (κ1) is 21.3. The van der Waals surface area contributed by atoms with Crippen LogP contribution >= 0.6 is 0 Å². The summed E-state index contributed by atoms with van der Waals surface area (Å²) in [7, 11) is 1.47. The quantitative estimate of drug-likeness (QED) is 0.685. The molecule has 0 aromatic rings. The van der Waals surface area contributed by atoms with Gasteiger partial charge in [0, 0.05) is 19.3 Å². The Kier molecular flexibility index (Phi) is 5.63. The third-order valence-electron chi connectivity index (χ3n) is 10.3. The minimum absolute atomic E-state index is 0.103. The lowest BCUT2D eigenvalue weighted by atomic mass is 9.44. The van der Waals surface area contributed by atoms with E-state index in [4.69, 9.17) is 4.74 Å². The topological polar surface area (TPSA) is 63.6 Å². The van der Waals surface area contributed by atoms with Gasteiger partial charge in [0.25, 0.3) is 0 Å². The molecule has 4 nitrogen and oxygen atoms in total. The zero-order chi connectivity index (χ0) is 21.0. The lowest BCUT2D eigenvalue weighted by Crippen LogP contribution is -2.58. The van der Waals surface area contributed by atoms with E-state index in [-0.39, 0.29) is 22.9 Å². The Morgan fingerprint density at radius 1 is 1.17 bits per heavy atom. The van der Waals surface area contributed by atoms with E-state index in [9.17, 15) is 14.7 Å². The van der Waals surface area contributed by atoms with Crippen LogP contribution in [0.5, 0.6) is 0 Å². The van der Waals surface area contributed by atoms with E-state index < -0.39 is 0 Å². The number of Topliss-reactive ketones (excluding diaryl/α,β-unsaturated/α-hetero) is 1. The molecule has 3 unspecified atom stereocenters. The smallest absolute Gasteiger partial charge is 0.305 e. The second-order valence-corrected chi connectivity index (χ2v) is 11.4. The molecule has 164 valence electrons. The van der Waals surface area contributed by atoms with Crippen LogP contribution in [0.4, 0.5) is 0 Å². The van der Waals surface area contributed by atoms with Crippen LogP contribution in [0.3, 0.4) is 0 Å². The predicted molar refractivity (Wildman–Crippen MR) is 112 cm³/mol. The van der Waals surface area contributed by atoms with Gasteiger partial charge in [-0.1, -0.05) is 20.8 Å². The highest BCUT2D eigenvalue weighted by Crippen LogP contribution is 2.68. The zero-order valence-corrected chi connectivity index (χ0v) is 18.8. The summed E-state index contributed by atoms with van der Waals surface area (Å²) in [4.78, 5) is 23.7. The Labute approximate surface area is 176 Å². The first-order chi connectivity index (χ1) is 13.7. The maximum atomic E-state index is 12.1. The van der Waals surface area contributed by atoms with Crippen molar-refractivity contribution in [1.29, 1.82) is 0 Å². The van der Waals surface area contributed by atoms with Crippen LogP contribution in [-0.2, 0) is 14.3 Å². The fourth-order valence-electron chi connectivity index (χ4n) is 8.64. The Morgan fingerprint density at radius 2 is 1.90 bits per heavy atom. The van der Waals surface area contributed by atoms with Gasteiger partial charge in [-0.05, 0) is 91.3 Å². The van der Waals surface area contributed by atoms with E-state index >= 15 is 0 Å². The number of carbonyl (C=O) groups excluding carboxylic acids is 2. The number of aliphatic hydroxyl groups is 1. The molecule has 4 fully saturated rings. The molecule has 29 heavy (non-hydrogen) atoms. The average Bonchev–Trinajstić information content (AvgIpc) is 3.04. The highest BCUT2D eigenvalue weighted by atomic mass is 16.5. The van der Waals surface area contributed by atoms with Crippen molar-refractivity contribution in [3.63, 3.8) is 0 Å². The Bertz CT molecular complexity index is 659. The van der Waals surface area contributed by atoms with E-state index in [2.05, 4.69) is 20.8 Å². The molecule has 0 radical (unpaired) electrons. The van der Waals surface area contributed by atoms with Crippen LogP contribution in [-0.4, -0.2) is 30.1 Å². The lowest BCUT2D eigenvalue weighted by molar-refractivity contribution is -0.169. The van der Waals surface area contributed by atoms with Crippen LogP contribution in [0.25, 0.3) is 0 Å². The number of fused-ring (bicyclic) bond motifs is 5. The number of carbonyl (C=O) groups is 2. The SMILES string of the molecule is COC(=O)CC[C@@H](C)[C@H]1CCC2C3C(CC[C@@]21C)[C@@]1(C)CCC(=O)C[C@H]1C[C@H]3O. The Balaban J connectivity index is 1.53. The first-order valence-electron chi connectivity index (χ1n) is 12.0. The van der Waals surface area contributed by atoms with Crippen molar-refractivity contribution >= 4 is 11.8 Å². The van der Waals surface area contributed by atoms with Crippen LogP contribution in [0, 0.1) is 46.3 Å². The van der Waals surface area contributed by atoms with E-state index in [1.807, 2.05) is 0 Å². The van der Waals surface area contributed by atoms with Crippen molar-refractivity contribution in [3.8, 4) is 0 Å². The third kappa shape index (κ3) is 3.38. The number of ketones is 1. The van der Waals surface area contributed by atoms with Crippen LogP contribution in [0.15, 0.2) is 0 Å². The fourth-order valence-corrected chi connectivity index (χ4v) is 8.64. The molecule has 0 aromatic carbocycles. The highest BCUT2D eigenvalue weighted by molar-refractivity contribution is 5.79. The van der Waals surface area contributed by atoms with Gasteiger partial charge in [0.05, 0.1) is 13.2 Å². The van der Waals surface area contributed by atoms with Crippen LogP contribution in [0.1, 0.15) is 85.0 Å². The highest BCUT2D eigenvalue weighted by Gasteiger charge is 2.62. The summed E-state index contributed by atoms with van der Waals surface area (Å²) >= 11 is 0. The van der Waals surface area contributed by atoms with E-state index in [1.54, 1.807) is 0 Å². The largest absolute Gasteiger partial charge is 0.469 e. The summed E-state index contributed by atoms with van der Waals surface area (Å²) in [5.74, 6) is 3.35. The van der Waals surface area contributed by atoms with Crippen molar-refractivity contribution in [1.82, 2.24) is 0 Å². The standard InChI is InChI=1S/C25H40O4/c1-15(5-8-22(28)29-4)18-6-7-19-23-20(10-12-25(18,19)3)24(2)11-9-17(26)13-16(24)14-21(23)27/h15-16,18-21,23,27H,5-14H2,1-4H3/t15-,16+,18-,19?,20?,21-,23?,24+,25-/m1/s1. The number of esters is 1. The molecule has 9 atom stereocenters. The van der Waals surface area contributed by atoms with Gasteiger partial charge in [-0.25, -0.2) is 0 Å². The Hall–Kier alpha value is -0.900. The summed E-state index contributed by atoms with van der Waals surface area (Å²) in [6.07, 6.45) is 9.27. The first-order valence-corrected chi connectivity index (χ1v) is 12.0. The van der Waals surface area contributed by atoms with E-state index in [0.717, 1.165) is 25.7 Å². The van der Waals surface area contributed by atoms with Gasteiger partial charge in [-0.2, -0.15) is 0 Å². The second-order valence-electron chi connectivity index (χ2n) is 11.4. The fraction of sp³-hybridized carbons (Fsp3) is 0.920. The van der Waals surface area contributed by atoms with Gasteiger partial charge < -0.3 is 9.84 Å². The van der Waals surface area contributed by atoms with E-state index in [1.165, 1.54) is 32.8 Å². The normalized spacial score (nSPS) is 47.7. The zero-order valence-electron chi connectivity index (χ0n) is 18.8. The van der Waals surface area contributed by atoms with Gasteiger partial charge in [0.1, 0.15) is 5.78 Å². The molecule has 1 N–H and O–H groups in total. The van der Waals surface area contributed by atoms with Crippen LogP contribution < -0.4 is 0 Å². The van der Waals surface area contributed by atoms with Crippen molar-refractivity contribution in [2.75, 3.05) is 7.11 Å². The van der Waals surface area contributed by atoms with Gasteiger partial charge >= 0.3 is 5.97 Å². The molecule has 4 rings (SSSR count). The van der Waals surface area contributed by atoms with Crippen molar-refractivity contribution in [2.45, 2.75) is 91.1 Å². The molecule has 0 amide bonds. The molecular weight excluding hydrogens is 364 g/mol. The second kappa shape index (κ2) is 7.66. The number of aliphatic hydroxyl groups excluding tert-OH is 1. The van der Waals surface area contributed by atoms with Crippen molar-refractivity contribution < 1.29 is 19.4 Å². The van der Waals surface area contributed by atoms with Crippen molar-refractivity contribution in [2.24, 2.45) is 46.3 Å². The lowest BCUT2D eigenvalue weighted by Gasteiger charge is -2.62. The number of hydrogen-bond donors (Lipinski definition) is 1. The molecule has 0 aromatic heterocycles. The molecule has 4 aliphatic rings. The average molecular weight is 405 g/mol. The minimum atomic E-state index is -0.252. The van der Waals surface area contributed by atoms with Crippen LogP contribution in [0.2, 0.25) is 0 Å². The summed E-state index contributed by atoms with van der Waals surface area (Å²) in [6.45, 7) is 7.22. The maximum absolute atomic E-state index is 12.1. The molecule has 0 saturated heterocycles. The molecule has 0 spiro atoms. The summed E-state index contributed by atoms with van der Waals surface area (Å²) in [6, 6.07) is 0. The maximum Gasteiger partial charge on any atom is 0.305 e. The van der Waals surface area contributed by atoms with Gasteiger partial charge in [0.15, 0.2) is 0 Å². The minimum Gasteiger partial charge on any atom is -0.469 e. The summed E-state index contributed by atoms with van der Waals surface area (Å²) < 4.78 is 4.85. The molecular formula is C25H40O4. The number of rotatable bonds is 4. The number of methoxy groups -OCH3 is 1. The van der Waals surface area contributed by atoms with Gasteiger partial charge in [-0.3, -0.25) is 9.59 Å². The number of ether oxygens (including phenoxy) is 1. The molecule has 4 aliphatic carbocycles. The molecule has 4 saturated carbocycles. The van der Waals surface area contributed by atoms with Crippen molar-refractivity contribution in [3.05, 3.63) is 0 Å². The molecule has 4 heteroatoms. The molecule has 0 aliphatic heterocycles. The summed E-state index contributed by atoms with van der Waals surface area (Å²) in [5, 5.41) is 11.3. The van der Waals surface area contributed by atoms with Gasteiger partial charge in [0.2, 0.25) is 0 Å².